The molecule has 3 aromatic carbocycles. The number of hydrogen-bond acceptors (Lipinski definition) is 1. The quantitative estimate of drug-likeness (QED) is 0.596. The molecule has 118 valence electrons. The molecule has 3 nitrogen and oxygen atoms in total. The number of hydrogen-bond donors (Lipinski definition) is 1. The Morgan fingerprint density at radius 3 is 2.58 bits per heavy atom. The maximum Gasteiger partial charge on any atom is 0.352 e. The molecule has 0 aliphatic carbocycles. The predicted octanol–water partition coefficient (Wildman–Crippen LogP) is 4.68. The van der Waals surface area contributed by atoms with Gasteiger partial charge in [0.05, 0.1) is 0 Å². The second-order valence-corrected chi connectivity index (χ2v) is 5.76. The van der Waals surface area contributed by atoms with Crippen LogP contribution >= 0.6 is 0 Å². The molecular formula is C20H14FNO2. The summed E-state index contributed by atoms with van der Waals surface area (Å²) in [7, 11) is 0. The third-order valence-electron chi connectivity index (χ3n) is 4.29. The van der Waals surface area contributed by atoms with Crippen molar-refractivity contribution in [2.45, 2.75) is 6.54 Å². The van der Waals surface area contributed by atoms with E-state index in [4.69, 9.17) is 0 Å². The molecule has 0 amide bonds. The van der Waals surface area contributed by atoms with Gasteiger partial charge in [0, 0.05) is 17.4 Å². The van der Waals surface area contributed by atoms with Crippen LogP contribution in [0.15, 0.2) is 66.7 Å². The van der Waals surface area contributed by atoms with E-state index in [0.717, 1.165) is 27.2 Å². The SMILES string of the molecule is O=C(O)c1cc2ccccc2n1Cc1cccc2ccc(F)cc12. The molecule has 4 heteroatoms. The fourth-order valence-electron chi connectivity index (χ4n) is 3.18. The van der Waals surface area contributed by atoms with Gasteiger partial charge in [-0.15, -0.1) is 0 Å². The minimum Gasteiger partial charge on any atom is -0.477 e. The van der Waals surface area contributed by atoms with E-state index in [1.807, 2.05) is 42.5 Å². The van der Waals surface area contributed by atoms with Crippen LogP contribution in [0.2, 0.25) is 0 Å². The normalized spacial score (nSPS) is 11.2. The van der Waals surface area contributed by atoms with Gasteiger partial charge < -0.3 is 9.67 Å². The Bertz CT molecular complexity index is 1080. The van der Waals surface area contributed by atoms with E-state index in [0.29, 0.717) is 6.54 Å². The molecule has 0 aliphatic heterocycles. The van der Waals surface area contributed by atoms with Crippen LogP contribution in [-0.4, -0.2) is 15.6 Å². The number of aromatic carboxylic acids is 1. The highest BCUT2D eigenvalue weighted by atomic mass is 19.1. The van der Waals surface area contributed by atoms with E-state index in [1.54, 1.807) is 16.7 Å². The average Bonchev–Trinajstić information content (AvgIpc) is 2.94. The van der Waals surface area contributed by atoms with Gasteiger partial charge in [0.25, 0.3) is 0 Å². The van der Waals surface area contributed by atoms with Gasteiger partial charge in [-0.05, 0) is 40.6 Å². The zero-order valence-electron chi connectivity index (χ0n) is 12.7. The molecule has 4 aromatic rings. The summed E-state index contributed by atoms with van der Waals surface area (Å²) in [6.07, 6.45) is 0. The summed E-state index contributed by atoms with van der Waals surface area (Å²) < 4.78 is 15.4. The molecule has 0 unspecified atom stereocenters. The van der Waals surface area contributed by atoms with Gasteiger partial charge in [-0.25, -0.2) is 9.18 Å². The van der Waals surface area contributed by atoms with Crippen LogP contribution in [0.5, 0.6) is 0 Å². The van der Waals surface area contributed by atoms with E-state index in [-0.39, 0.29) is 11.5 Å². The van der Waals surface area contributed by atoms with E-state index < -0.39 is 5.97 Å². The van der Waals surface area contributed by atoms with Crippen molar-refractivity contribution < 1.29 is 14.3 Å². The van der Waals surface area contributed by atoms with Crippen LogP contribution in [0.4, 0.5) is 4.39 Å². The van der Waals surface area contributed by atoms with Gasteiger partial charge in [0.2, 0.25) is 0 Å². The standard InChI is InChI=1S/C20H14FNO2/c21-16-9-8-13-5-3-6-15(17(13)11-16)12-22-18-7-2-1-4-14(18)10-19(22)20(23)24/h1-11H,12H2,(H,23,24). The first kappa shape index (κ1) is 14.5. The lowest BCUT2D eigenvalue weighted by molar-refractivity contribution is 0.0686. The largest absolute Gasteiger partial charge is 0.477 e. The molecule has 4 rings (SSSR count). The van der Waals surface area contributed by atoms with E-state index in [9.17, 15) is 14.3 Å². The lowest BCUT2D eigenvalue weighted by atomic mass is 10.0. The van der Waals surface area contributed by atoms with E-state index >= 15 is 0 Å². The first-order chi connectivity index (χ1) is 11.6. The molecule has 0 saturated carbocycles. The molecule has 0 aliphatic rings. The monoisotopic (exact) mass is 319 g/mol. The third kappa shape index (κ3) is 2.33. The number of carbonyl (C=O) groups is 1. The Kier molecular flexibility index (Phi) is 3.31. The summed E-state index contributed by atoms with van der Waals surface area (Å²) in [6.45, 7) is 0.371. The highest BCUT2D eigenvalue weighted by Crippen LogP contribution is 2.25. The number of benzene rings is 3. The molecule has 0 saturated heterocycles. The van der Waals surface area contributed by atoms with Crippen LogP contribution in [0.1, 0.15) is 16.1 Å². The van der Waals surface area contributed by atoms with Crippen molar-refractivity contribution in [1.82, 2.24) is 4.57 Å². The van der Waals surface area contributed by atoms with E-state index in [2.05, 4.69) is 0 Å². The summed E-state index contributed by atoms with van der Waals surface area (Å²) in [5, 5.41) is 12.1. The second kappa shape index (κ2) is 5.49. The fourth-order valence-corrected chi connectivity index (χ4v) is 3.18. The number of nitrogens with zero attached hydrogens (tertiary/aromatic N) is 1. The lowest BCUT2D eigenvalue weighted by Crippen LogP contribution is -2.09. The molecule has 0 fully saturated rings. The number of para-hydroxylation sites is 1. The Morgan fingerprint density at radius 2 is 1.75 bits per heavy atom. The first-order valence-electron chi connectivity index (χ1n) is 7.62. The Labute approximate surface area is 137 Å². The highest BCUT2D eigenvalue weighted by molar-refractivity contribution is 5.95. The predicted molar refractivity (Wildman–Crippen MR) is 91.9 cm³/mol. The summed E-state index contributed by atoms with van der Waals surface area (Å²) in [4.78, 5) is 11.6. The summed E-state index contributed by atoms with van der Waals surface area (Å²) in [5.74, 6) is -1.27. The Morgan fingerprint density at radius 1 is 0.958 bits per heavy atom. The summed E-state index contributed by atoms with van der Waals surface area (Å²) >= 11 is 0. The highest BCUT2D eigenvalue weighted by Gasteiger charge is 2.15. The number of aromatic nitrogens is 1. The smallest absolute Gasteiger partial charge is 0.352 e. The summed E-state index contributed by atoms with van der Waals surface area (Å²) in [5.41, 5.74) is 1.96. The van der Waals surface area contributed by atoms with Crippen molar-refractivity contribution in [3.05, 3.63) is 83.8 Å². The van der Waals surface area contributed by atoms with Gasteiger partial charge in [-0.3, -0.25) is 0 Å². The zero-order chi connectivity index (χ0) is 16.7. The minimum atomic E-state index is -0.974. The van der Waals surface area contributed by atoms with Crippen molar-refractivity contribution in [3.63, 3.8) is 0 Å². The maximum absolute atomic E-state index is 13.7. The molecule has 0 atom stereocenters. The Hall–Kier alpha value is -3.14. The van der Waals surface area contributed by atoms with Gasteiger partial charge >= 0.3 is 5.97 Å². The van der Waals surface area contributed by atoms with Gasteiger partial charge in [-0.1, -0.05) is 42.5 Å². The van der Waals surface area contributed by atoms with Crippen molar-refractivity contribution in [1.29, 1.82) is 0 Å². The maximum atomic E-state index is 13.7. The van der Waals surface area contributed by atoms with Crippen molar-refractivity contribution in [2.75, 3.05) is 0 Å². The molecule has 1 N–H and O–H groups in total. The van der Waals surface area contributed by atoms with Crippen LogP contribution in [-0.2, 0) is 6.54 Å². The number of rotatable bonds is 3. The van der Waals surface area contributed by atoms with Gasteiger partial charge in [-0.2, -0.15) is 0 Å². The van der Waals surface area contributed by atoms with Gasteiger partial charge in [0.1, 0.15) is 11.5 Å². The molecule has 0 spiro atoms. The fraction of sp³-hybridized carbons (Fsp3) is 0.0500. The zero-order valence-corrected chi connectivity index (χ0v) is 12.7. The van der Waals surface area contributed by atoms with Crippen molar-refractivity contribution in [3.8, 4) is 0 Å². The number of halogens is 1. The summed E-state index contributed by atoms with van der Waals surface area (Å²) in [6, 6.07) is 19.6. The number of carboxylic acids is 1. The topological polar surface area (TPSA) is 42.2 Å². The van der Waals surface area contributed by atoms with Crippen LogP contribution in [0, 0.1) is 5.82 Å². The van der Waals surface area contributed by atoms with Crippen molar-refractivity contribution >= 4 is 27.6 Å². The Balaban J connectivity index is 1.93. The second-order valence-electron chi connectivity index (χ2n) is 5.76. The van der Waals surface area contributed by atoms with Crippen LogP contribution < -0.4 is 0 Å². The average molecular weight is 319 g/mol. The van der Waals surface area contributed by atoms with Crippen LogP contribution in [0.3, 0.4) is 0 Å². The lowest BCUT2D eigenvalue weighted by Gasteiger charge is -2.11. The third-order valence-corrected chi connectivity index (χ3v) is 4.29. The number of carboxylic acid groups (broad SMARTS) is 1. The number of fused-ring (bicyclic) bond motifs is 2. The molecule has 0 bridgehead atoms. The molecule has 1 aromatic heterocycles. The molecule has 24 heavy (non-hydrogen) atoms. The molecular weight excluding hydrogens is 305 g/mol. The minimum absolute atomic E-state index is 0.226. The molecule has 1 heterocycles. The molecule has 0 radical (unpaired) electrons. The van der Waals surface area contributed by atoms with Gasteiger partial charge in [0.15, 0.2) is 0 Å². The van der Waals surface area contributed by atoms with Crippen LogP contribution in [0.25, 0.3) is 21.7 Å². The van der Waals surface area contributed by atoms with Crippen molar-refractivity contribution in [2.24, 2.45) is 0 Å². The first-order valence-corrected chi connectivity index (χ1v) is 7.62. The van der Waals surface area contributed by atoms with E-state index in [1.165, 1.54) is 12.1 Å².